The van der Waals surface area contributed by atoms with Crippen molar-refractivity contribution >= 4 is 15.9 Å². The smallest absolute Gasteiger partial charge is 0.218 e. The highest BCUT2D eigenvalue weighted by atomic mass is 79.9. The number of halogens is 2. The first-order valence-electron chi connectivity index (χ1n) is 5.72. The number of aliphatic hydroxyl groups excluding tert-OH is 1. The first-order chi connectivity index (χ1) is 9.11. The van der Waals surface area contributed by atoms with Gasteiger partial charge in [-0.3, -0.25) is 0 Å². The van der Waals surface area contributed by atoms with Crippen LogP contribution in [0.25, 0.3) is 0 Å². The third kappa shape index (κ3) is 3.30. The minimum Gasteiger partial charge on any atom is -0.481 e. The second-order valence-corrected chi connectivity index (χ2v) is 4.91. The van der Waals surface area contributed by atoms with Crippen LogP contribution < -0.4 is 4.74 Å². The molecule has 0 spiro atoms. The van der Waals surface area contributed by atoms with Crippen LogP contribution in [0, 0.1) is 5.82 Å². The standard InChI is InChI=1S/C14H13BrFNO2/c1-19-14-11(3-2-6-17-14)13(18)8-9-7-10(16)4-5-12(9)15/h2-7,13,18H,8H2,1H3. The lowest BCUT2D eigenvalue weighted by Gasteiger charge is -2.14. The zero-order valence-electron chi connectivity index (χ0n) is 10.3. The number of aliphatic hydroxyl groups is 1. The number of methoxy groups -OCH3 is 1. The molecular formula is C14H13BrFNO2. The SMILES string of the molecule is COc1ncccc1C(O)Cc1cc(F)ccc1Br. The van der Waals surface area contributed by atoms with Gasteiger partial charge in [0.2, 0.25) is 5.88 Å². The van der Waals surface area contributed by atoms with E-state index in [0.717, 1.165) is 4.47 Å². The summed E-state index contributed by atoms with van der Waals surface area (Å²) >= 11 is 3.34. The fraction of sp³-hybridized carbons (Fsp3) is 0.214. The zero-order chi connectivity index (χ0) is 13.8. The Morgan fingerprint density at radius 3 is 2.95 bits per heavy atom. The number of ether oxygens (including phenoxy) is 1. The van der Waals surface area contributed by atoms with Crippen LogP contribution in [0.2, 0.25) is 0 Å². The van der Waals surface area contributed by atoms with Crippen LogP contribution in [0.5, 0.6) is 5.88 Å². The van der Waals surface area contributed by atoms with Crippen molar-refractivity contribution in [1.29, 1.82) is 0 Å². The quantitative estimate of drug-likeness (QED) is 0.938. The molecule has 0 fully saturated rings. The maximum atomic E-state index is 13.2. The average molecular weight is 326 g/mol. The fourth-order valence-electron chi connectivity index (χ4n) is 1.85. The molecule has 0 amide bonds. The van der Waals surface area contributed by atoms with E-state index in [0.29, 0.717) is 17.0 Å². The maximum Gasteiger partial charge on any atom is 0.218 e. The summed E-state index contributed by atoms with van der Waals surface area (Å²) in [6.07, 6.45) is 1.06. The molecule has 1 heterocycles. The summed E-state index contributed by atoms with van der Waals surface area (Å²) in [7, 11) is 1.50. The molecule has 0 aliphatic rings. The molecule has 1 N–H and O–H groups in total. The second kappa shape index (κ2) is 6.12. The van der Waals surface area contributed by atoms with Gasteiger partial charge in [0, 0.05) is 22.7 Å². The number of hydrogen-bond acceptors (Lipinski definition) is 3. The molecule has 0 bridgehead atoms. The van der Waals surface area contributed by atoms with E-state index >= 15 is 0 Å². The van der Waals surface area contributed by atoms with Crippen molar-refractivity contribution in [2.24, 2.45) is 0 Å². The van der Waals surface area contributed by atoms with Crippen molar-refractivity contribution in [2.45, 2.75) is 12.5 Å². The summed E-state index contributed by atoms with van der Waals surface area (Å²) in [5.74, 6) is 0.0473. The molecule has 5 heteroatoms. The number of rotatable bonds is 4. The molecule has 2 aromatic rings. The van der Waals surface area contributed by atoms with E-state index in [4.69, 9.17) is 4.74 Å². The zero-order valence-corrected chi connectivity index (χ0v) is 11.9. The highest BCUT2D eigenvalue weighted by molar-refractivity contribution is 9.10. The van der Waals surface area contributed by atoms with E-state index in [-0.39, 0.29) is 12.2 Å². The lowest BCUT2D eigenvalue weighted by atomic mass is 10.0. The monoisotopic (exact) mass is 325 g/mol. The third-order valence-corrected chi connectivity index (χ3v) is 3.55. The van der Waals surface area contributed by atoms with Crippen LogP contribution in [0.1, 0.15) is 17.2 Å². The van der Waals surface area contributed by atoms with Crippen LogP contribution in [-0.4, -0.2) is 17.2 Å². The number of aromatic nitrogens is 1. The maximum absolute atomic E-state index is 13.2. The lowest BCUT2D eigenvalue weighted by Crippen LogP contribution is -2.06. The van der Waals surface area contributed by atoms with Crippen molar-refractivity contribution in [3.63, 3.8) is 0 Å². The lowest BCUT2D eigenvalue weighted by molar-refractivity contribution is 0.172. The molecule has 1 atom stereocenters. The van der Waals surface area contributed by atoms with Crippen molar-refractivity contribution < 1.29 is 14.2 Å². The van der Waals surface area contributed by atoms with Crippen LogP contribution in [0.3, 0.4) is 0 Å². The molecule has 0 saturated carbocycles. The number of benzene rings is 1. The van der Waals surface area contributed by atoms with Gasteiger partial charge in [-0.05, 0) is 35.9 Å². The Kier molecular flexibility index (Phi) is 4.50. The van der Waals surface area contributed by atoms with Gasteiger partial charge < -0.3 is 9.84 Å². The van der Waals surface area contributed by atoms with Crippen LogP contribution in [0.15, 0.2) is 41.0 Å². The van der Waals surface area contributed by atoms with E-state index in [1.165, 1.54) is 19.2 Å². The summed E-state index contributed by atoms with van der Waals surface area (Å²) < 4.78 is 19.1. The Labute approximate surface area is 119 Å². The topological polar surface area (TPSA) is 42.4 Å². The molecule has 19 heavy (non-hydrogen) atoms. The molecule has 0 aliphatic heterocycles. The van der Waals surface area contributed by atoms with Crippen LogP contribution in [-0.2, 0) is 6.42 Å². The van der Waals surface area contributed by atoms with E-state index < -0.39 is 6.10 Å². The minimum absolute atomic E-state index is 0.278. The Morgan fingerprint density at radius 2 is 2.21 bits per heavy atom. The summed E-state index contributed by atoms with van der Waals surface area (Å²) in [6, 6.07) is 7.85. The Morgan fingerprint density at radius 1 is 1.42 bits per heavy atom. The molecular weight excluding hydrogens is 313 g/mol. The third-order valence-electron chi connectivity index (χ3n) is 2.77. The molecule has 1 aromatic heterocycles. The second-order valence-electron chi connectivity index (χ2n) is 4.06. The molecule has 2 rings (SSSR count). The van der Waals surface area contributed by atoms with Gasteiger partial charge in [0.25, 0.3) is 0 Å². The summed E-state index contributed by atoms with van der Waals surface area (Å²) in [5, 5.41) is 10.2. The van der Waals surface area contributed by atoms with E-state index in [2.05, 4.69) is 20.9 Å². The molecule has 1 unspecified atom stereocenters. The van der Waals surface area contributed by atoms with Gasteiger partial charge in [0.15, 0.2) is 0 Å². The minimum atomic E-state index is -0.804. The predicted molar refractivity (Wildman–Crippen MR) is 73.6 cm³/mol. The molecule has 3 nitrogen and oxygen atoms in total. The number of pyridine rings is 1. The Balaban J connectivity index is 2.25. The molecule has 0 aliphatic carbocycles. The summed E-state index contributed by atoms with van der Waals surface area (Å²) in [6.45, 7) is 0. The van der Waals surface area contributed by atoms with Crippen molar-refractivity contribution in [2.75, 3.05) is 7.11 Å². The first-order valence-corrected chi connectivity index (χ1v) is 6.52. The van der Waals surface area contributed by atoms with Gasteiger partial charge in [-0.15, -0.1) is 0 Å². The molecule has 0 saturated heterocycles. The molecule has 0 radical (unpaired) electrons. The Hall–Kier alpha value is -1.46. The highest BCUT2D eigenvalue weighted by Crippen LogP contribution is 2.28. The van der Waals surface area contributed by atoms with Crippen LogP contribution >= 0.6 is 15.9 Å². The average Bonchev–Trinajstić information content (AvgIpc) is 2.42. The molecule has 1 aromatic carbocycles. The Bertz CT molecular complexity index is 577. The van der Waals surface area contributed by atoms with Crippen molar-refractivity contribution in [3.8, 4) is 5.88 Å². The van der Waals surface area contributed by atoms with Gasteiger partial charge in [0.1, 0.15) is 5.82 Å². The van der Waals surface area contributed by atoms with Gasteiger partial charge in [0.05, 0.1) is 13.2 Å². The summed E-state index contributed by atoms with van der Waals surface area (Å²) in [5.41, 5.74) is 1.28. The van der Waals surface area contributed by atoms with Crippen LogP contribution in [0.4, 0.5) is 4.39 Å². The van der Waals surface area contributed by atoms with Gasteiger partial charge in [-0.1, -0.05) is 15.9 Å². The number of nitrogens with zero attached hydrogens (tertiary/aromatic N) is 1. The van der Waals surface area contributed by atoms with Gasteiger partial charge >= 0.3 is 0 Å². The van der Waals surface area contributed by atoms with E-state index in [1.807, 2.05) is 0 Å². The van der Waals surface area contributed by atoms with Gasteiger partial charge in [-0.2, -0.15) is 0 Å². The molecule has 100 valence electrons. The first kappa shape index (κ1) is 14.0. The summed E-state index contributed by atoms with van der Waals surface area (Å²) in [4.78, 5) is 4.03. The predicted octanol–water partition coefficient (Wildman–Crippen LogP) is 3.27. The van der Waals surface area contributed by atoms with E-state index in [9.17, 15) is 9.50 Å². The highest BCUT2D eigenvalue weighted by Gasteiger charge is 2.16. The normalized spacial score (nSPS) is 12.2. The van der Waals surface area contributed by atoms with Crippen molar-refractivity contribution in [3.05, 3.63) is 57.9 Å². The largest absolute Gasteiger partial charge is 0.481 e. The van der Waals surface area contributed by atoms with Crippen molar-refractivity contribution in [1.82, 2.24) is 4.98 Å². The number of hydrogen-bond donors (Lipinski definition) is 1. The van der Waals surface area contributed by atoms with E-state index in [1.54, 1.807) is 24.4 Å². The fourth-order valence-corrected chi connectivity index (χ4v) is 2.25. The van der Waals surface area contributed by atoms with Gasteiger partial charge in [-0.25, -0.2) is 9.37 Å².